The highest BCUT2D eigenvalue weighted by Gasteiger charge is 2.35. The Morgan fingerprint density at radius 2 is 2.00 bits per heavy atom. The van der Waals surface area contributed by atoms with Crippen molar-refractivity contribution >= 4 is 28.6 Å². The first kappa shape index (κ1) is 16.2. The van der Waals surface area contributed by atoms with Crippen LogP contribution in [-0.4, -0.2) is 35.1 Å². The minimum atomic E-state index is -0.920. The van der Waals surface area contributed by atoms with E-state index in [9.17, 15) is 13.6 Å². The van der Waals surface area contributed by atoms with Gasteiger partial charge in [-0.1, -0.05) is 0 Å². The summed E-state index contributed by atoms with van der Waals surface area (Å²) in [5.74, 6) is -1.84. The Bertz CT molecular complexity index is 1050. The minimum absolute atomic E-state index is 0.0269. The summed E-state index contributed by atoms with van der Waals surface area (Å²) in [7, 11) is 2.83. The number of urea groups is 1. The number of H-pyrrole nitrogens is 1. The molecule has 134 valence electrons. The number of hydrogen-bond acceptors (Lipinski definition) is 4. The number of amides is 2. The normalized spacial score (nSPS) is 14.1. The molecule has 2 amide bonds. The van der Waals surface area contributed by atoms with Gasteiger partial charge in [0, 0.05) is 18.8 Å². The summed E-state index contributed by atoms with van der Waals surface area (Å²) in [6.07, 6.45) is 3.03. The first-order chi connectivity index (χ1) is 12.4. The van der Waals surface area contributed by atoms with E-state index in [-0.39, 0.29) is 17.9 Å². The second kappa shape index (κ2) is 5.65. The summed E-state index contributed by atoms with van der Waals surface area (Å²) in [6.45, 7) is 1.46. The summed E-state index contributed by atoms with van der Waals surface area (Å²) in [5, 5.41) is 0. The number of carbonyl (C=O) groups is 1. The maximum absolute atomic E-state index is 14.8. The van der Waals surface area contributed by atoms with Crippen molar-refractivity contribution in [3.05, 3.63) is 41.4 Å². The van der Waals surface area contributed by atoms with E-state index in [0.717, 1.165) is 4.90 Å². The molecule has 0 spiro atoms. The Labute approximate surface area is 147 Å². The number of aryl methyl sites for hydroxylation is 1. The van der Waals surface area contributed by atoms with Crippen molar-refractivity contribution < 1.29 is 18.3 Å². The van der Waals surface area contributed by atoms with Gasteiger partial charge in [-0.15, -0.1) is 0 Å². The van der Waals surface area contributed by atoms with Crippen molar-refractivity contribution in [2.75, 3.05) is 24.0 Å². The van der Waals surface area contributed by atoms with E-state index in [0.29, 0.717) is 22.4 Å². The first-order valence-electron chi connectivity index (χ1n) is 7.82. The fourth-order valence-electron chi connectivity index (χ4n) is 3.22. The molecule has 4 rings (SSSR count). The van der Waals surface area contributed by atoms with E-state index in [1.54, 1.807) is 6.20 Å². The van der Waals surface area contributed by atoms with Crippen molar-refractivity contribution in [2.24, 2.45) is 0 Å². The molecule has 3 heterocycles. The molecule has 0 fully saturated rings. The van der Waals surface area contributed by atoms with Gasteiger partial charge in [-0.3, -0.25) is 9.80 Å². The molecule has 7 nitrogen and oxygen atoms in total. The number of hydrogen-bond donors (Lipinski definition) is 1. The number of aromatic amines is 1. The van der Waals surface area contributed by atoms with Gasteiger partial charge in [-0.25, -0.2) is 23.5 Å². The van der Waals surface area contributed by atoms with Gasteiger partial charge < -0.3 is 9.72 Å². The number of benzene rings is 1. The molecule has 0 saturated carbocycles. The Balaban J connectivity index is 1.91. The molecule has 0 bridgehead atoms. The van der Waals surface area contributed by atoms with Crippen molar-refractivity contribution in [1.82, 2.24) is 15.0 Å². The molecule has 0 atom stereocenters. The molecule has 26 heavy (non-hydrogen) atoms. The van der Waals surface area contributed by atoms with E-state index in [1.807, 2.05) is 0 Å². The van der Waals surface area contributed by atoms with Crippen molar-refractivity contribution in [2.45, 2.75) is 13.5 Å². The number of imidazole rings is 1. The third-order valence-electron chi connectivity index (χ3n) is 4.50. The molecule has 1 aliphatic rings. The van der Waals surface area contributed by atoms with Gasteiger partial charge in [0.2, 0.25) is 0 Å². The van der Waals surface area contributed by atoms with Crippen LogP contribution in [0.15, 0.2) is 18.6 Å². The highest BCUT2D eigenvalue weighted by Crippen LogP contribution is 2.39. The van der Waals surface area contributed by atoms with Gasteiger partial charge in [0.15, 0.2) is 23.0 Å². The lowest BCUT2D eigenvalue weighted by Gasteiger charge is -2.35. The fourth-order valence-corrected chi connectivity index (χ4v) is 3.22. The minimum Gasteiger partial charge on any atom is -0.494 e. The Morgan fingerprint density at radius 1 is 1.23 bits per heavy atom. The summed E-state index contributed by atoms with van der Waals surface area (Å²) < 4.78 is 34.4. The molecule has 1 aromatic carbocycles. The Kier molecular flexibility index (Phi) is 3.53. The predicted molar refractivity (Wildman–Crippen MR) is 91.5 cm³/mol. The second-order valence-electron chi connectivity index (χ2n) is 6.03. The number of fused-ring (bicyclic) bond motifs is 3. The van der Waals surface area contributed by atoms with E-state index >= 15 is 0 Å². The van der Waals surface area contributed by atoms with E-state index < -0.39 is 23.4 Å². The lowest BCUT2D eigenvalue weighted by Crippen LogP contribution is -2.46. The van der Waals surface area contributed by atoms with E-state index in [1.165, 1.54) is 38.4 Å². The highest BCUT2D eigenvalue weighted by atomic mass is 19.1. The molecule has 1 N–H and O–H groups in total. The van der Waals surface area contributed by atoms with Gasteiger partial charge in [0.05, 0.1) is 25.7 Å². The molecular weight excluding hydrogens is 344 g/mol. The Hall–Kier alpha value is -3.23. The second-order valence-corrected chi connectivity index (χ2v) is 6.03. The first-order valence-corrected chi connectivity index (χ1v) is 7.82. The number of methoxy groups -OCH3 is 1. The highest BCUT2D eigenvalue weighted by molar-refractivity contribution is 6.10. The molecule has 3 aromatic rings. The predicted octanol–water partition coefficient (Wildman–Crippen LogP) is 3.13. The van der Waals surface area contributed by atoms with Crippen molar-refractivity contribution in [3.8, 4) is 5.75 Å². The van der Waals surface area contributed by atoms with Gasteiger partial charge in [-0.2, -0.15) is 0 Å². The van der Waals surface area contributed by atoms with Crippen LogP contribution in [0.5, 0.6) is 5.75 Å². The van der Waals surface area contributed by atoms with Crippen molar-refractivity contribution in [1.29, 1.82) is 0 Å². The number of aromatic nitrogens is 3. The van der Waals surface area contributed by atoms with Crippen LogP contribution in [0.3, 0.4) is 0 Å². The van der Waals surface area contributed by atoms with Gasteiger partial charge in [-0.05, 0) is 18.6 Å². The topological polar surface area (TPSA) is 74.3 Å². The Morgan fingerprint density at radius 3 is 2.73 bits per heavy atom. The number of halogens is 2. The number of nitrogens with one attached hydrogen (secondary N) is 1. The average Bonchev–Trinajstić information content (AvgIpc) is 3.10. The molecule has 0 aliphatic carbocycles. The molecule has 1 aliphatic heterocycles. The third kappa shape index (κ3) is 2.13. The number of anilines is 2. The molecule has 9 heteroatoms. The molecule has 0 unspecified atom stereocenters. The average molecular weight is 359 g/mol. The summed E-state index contributed by atoms with van der Waals surface area (Å²) >= 11 is 0. The monoisotopic (exact) mass is 359 g/mol. The third-order valence-corrected chi connectivity index (χ3v) is 4.50. The summed E-state index contributed by atoms with van der Waals surface area (Å²) in [4.78, 5) is 26.5. The largest absolute Gasteiger partial charge is 0.494 e. The number of ether oxygens (including phenoxy) is 1. The maximum atomic E-state index is 14.8. The molecule has 0 radical (unpaired) electrons. The van der Waals surface area contributed by atoms with Crippen LogP contribution >= 0.6 is 0 Å². The summed E-state index contributed by atoms with van der Waals surface area (Å²) in [6, 6.07) is 0.695. The zero-order chi connectivity index (χ0) is 18.6. The fraction of sp³-hybridized carbons (Fsp3) is 0.235. The molecular formula is C17H15F2N5O2. The molecule has 0 saturated heterocycles. The van der Waals surface area contributed by atoms with E-state index in [2.05, 4.69) is 15.0 Å². The van der Waals surface area contributed by atoms with Crippen LogP contribution in [0.1, 0.15) is 11.1 Å². The van der Waals surface area contributed by atoms with Crippen LogP contribution < -0.4 is 14.5 Å². The SMILES string of the molecule is COc1cc(C)c(F)c(N2Cc3cnc4nc[nH]c4c3N(C)C2=O)c1F. The van der Waals surface area contributed by atoms with Crippen LogP contribution in [0.2, 0.25) is 0 Å². The van der Waals surface area contributed by atoms with Crippen LogP contribution in [0.4, 0.5) is 25.0 Å². The number of carbonyl (C=O) groups excluding carboxylic acids is 1. The van der Waals surface area contributed by atoms with Crippen LogP contribution in [0.25, 0.3) is 11.2 Å². The smallest absolute Gasteiger partial charge is 0.329 e. The summed E-state index contributed by atoms with van der Waals surface area (Å²) in [5.41, 5.74) is 2.04. The number of rotatable bonds is 2. The van der Waals surface area contributed by atoms with Crippen molar-refractivity contribution in [3.63, 3.8) is 0 Å². The van der Waals surface area contributed by atoms with Crippen LogP contribution in [0, 0.1) is 18.6 Å². The molecule has 2 aromatic heterocycles. The quantitative estimate of drug-likeness (QED) is 0.763. The van der Waals surface area contributed by atoms with E-state index in [4.69, 9.17) is 4.74 Å². The van der Waals surface area contributed by atoms with Gasteiger partial charge in [0.25, 0.3) is 0 Å². The number of nitrogens with zero attached hydrogens (tertiary/aromatic N) is 4. The van der Waals surface area contributed by atoms with Gasteiger partial charge in [0.1, 0.15) is 11.2 Å². The lowest BCUT2D eigenvalue weighted by molar-refractivity contribution is 0.250. The zero-order valence-electron chi connectivity index (χ0n) is 14.3. The maximum Gasteiger partial charge on any atom is 0.329 e. The standard InChI is InChI=1S/C17H15F2N5O2/c1-8-4-10(26-3)12(19)15(11(8)18)24-6-9-5-20-16-13(21-7-22-16)14(9)23(2)17(24)25/h4-5,7H,6H2,1-3H3,(H,20,21,22). The lowest BCUT2D eigenvalue weighted by atomic mass is 10.1. The van der Waals surface area contributed by atoms with Gasteiger partial charge >= 0.3 is 6.03 Å². The zero-order valence-corrected chi connectivity index (χ0v) is 14.3. The number of pyridine rings is 1. The van der Waals surface area contributed by atoms with Crippen LogP contribution in [-0.2, 0) is 6.54 Å².